The molecule has 2 aliphatic rings. The van der Waals surface area contributed by atoms with Gasteiger partial charge >= 0.3 is 0 Å². The van der Waals surface area contributed by atoms with Crippen LogP contribution in [-0.4, -0.2) is 58.7 Å². The Kier molecular flexibility index (Phi) is 3.56. The molecule has 0 amide bonds. The van der Waals surface area contributed by atoms with E-state index >= 15 is 0 Å². The van der Waals surface area contributed by atoms with Gasteiger partial charge in [0.25, 0.3) is 0 Å². The number of hydrogen-bond acceptors (Lipinski definition) is 7. The second-order valence-corrected chi connectivity index (χ2v) is 5.02. The highest BCUT2D eigenvalue weighted by Gasteiger charge is 2.56. The minimum atomic E-state index is -1.05. The van der Waals surface area contributed by atoms with E-state index in [-0.39, 0.29) is 0 Å². The molecule has 2 N–H and O–H groups in total. The van der Waals surface area contributed by atoms with Gasteiger partial charge in [-0.25, -0.2) is 0 Å². The first-order chi connectivity index (χ1) is 8.34. The number of nitrogens with zero attached hydrogens (tertiary/aromatic N) is 1. The molecule has 0 unspecified atom stereocenters. The standard InChI is InChI=1S/C10H17NO7/c1-10(2)17-8-6(13)7(16-9(8)18-10)5(4-12)3-11(14)15/h5-9,12-13H,3-4H2,1-2H3/t5-,6+,7-,8-,9-/m1/s1. The van der Waals surface area contributed by atoms with Crippen molar-refractivity contribution in [3.05, 3.63) is 10.1 Å². The molecule has 2 saturated heterocycles. The van der Waals surface area contributed by atoms with E-state index in [4.69, 9.17) is 19.3 Å². The zero-order chi connectivity index (χ0) is 13.5. The summed E-state index contributed by atoms with van der Waals surface area (Å²) in [5.41, 5.74) is 0. The number of ether oxygens (including phenoxy) is 3. The largest absolute Gasteiger partial charge is 0.396 e. The van der Waals surface area contributed by atoms with E-state index < -0.39 is 54.4 Å². The highest BCUT2D eigenvalue weighted by atomic mass is 16.8. The van der Waals surface area contributed by atoms with Crippen LogP contribution in [0.15, 0.2) is 0 Å². The lowest BCUT2D eigenvalue weighted by Gasteiger charge is -2.25. The molecule has 0 aliphatic carbocycles. The van der Waals surface area contributed by atoms with Crippen molar-refractivity contribution in [3.8, 4) is 0 Å². The van der Waals surface area contributed by atoms with Gasteiger partial charge < -0.3 is 24.4 Å². The molecule has 8 heteroatoms. The van der Waals surface area contributed by atoms with Crippen LogP contribution >= 0.6 is 0 Å². The molecule has 0 aromatic rings. The summed E-state index contributed by atoms with van der Waals surface area (Å²) in [6, 6.07) is 0. The van der Waals surface area contributed by atoms with Gasteiger partial charge in [-0.15, -0.1) is 0 Å². The fourth-order valence-corrected chi connectivity index (χ4v) is 2.36. The average Bonchev–Trinajstić information content (AvgIpc) is 2.70. The second-order valence-electron chi connectivity index (χ2n) is 5.02. The summed E-state index contributed by atoms with van der Waals surface area (Å²) >= 11 is 0. The highest BCUT2D eigenvalue weighted by molar-refractivity contribution is 4.95. The number of aliphatic hydroxyl groups excluding tert-OH is 2. The third-order valence-corrected chi connectivity index (χ3v) is 3.14. The molecular formula is C10H17NO7. The van der Waals surface area contributed by atoms with Crippen molar-refractivity contribution < 1.29 is 29.3 Å². The first-order valence-corrected chi connectivity index (χ1v) is 5.76. The number of nitro groups is 1. The molecule has 8 nitrogen and oxygen atoms in total. The van der Waals surface area contributed by atoms with E-state index in [1.807, 2.05) is 0 Å². The molecular weight excluding hydrogens is 246 g/mol. The monoisotopic (exact) mass is 263 g/mol. The molecule has 0 spiro atoms. The van der Waals surface area contributed by atoms with Crippen LogP contribution in [0, 0.1) is 16.0 Å². The Morgan fingerprint density at radius 2 is 2.11 bits per heavy atom. The number of aliphatic hydroxyl groups is 2. The lowest BCUT2D eigenvalue weighted by molar-refractivity contribution is -0.492. The summed E-state index contributed by atoms with van der Waals surface area (Å²) < 4.78 is 16.3. The molecule has 0 saturated carbocycles. The summed E-state index contributed by atoms with van der Waals surface area (Å²) in [5.74, 6) is -1.63. The maximum absolute atomic E-state index is 10.5. The Morgan fingerprint density at radius 3 is 2.61 bits per heavy atom. The second kappa shape index (κ2) is 4.71. The van der Waals surface area contributed by atoms with Crippen molar-refractivity contribution in [3.63, 3.8) is 0 Å². The van der Waals surface area contributed by atoms with Crippen molar-refractivity contribution in [2.24, 2.45) is 5.92 Å². The number of fused-ring (bicyclic) bond motifs is 1. The van der Waals surface area contributed by atoms with Gasteiger partial charge in [-0.2, -0.15) is 0 Å². The van der Waals surface area contributed by atoms with Crippen molar-refractivity contribution in [1.82, 2.24) is 0 Å². The molecule has 104 valence electrons. The summed E-state index contributed by atoms with van der Waals surface area (Å²) in [4.78, 5) is 9.93. The fourth-order valence-electron chi connectivity index (χ4n) is 2.36. The molecule has 18 heavy (non-hydrogen) atoms. The average molecular weight is 263 g/mol. The minimum absolute atomic E-state index is 0.439. The van der Waals surface area contributed by atoms with Gasteiger partial charge in [0.05, 0.1) is 12.5 Å². The summed E-state index contributed by atoms with van der Waals surface area (Å²) in [6.07, 6.45) is -3.33. The lowest BCUT2D eigenvalue weighted by atomic mass is 9.97. The van der Waals surface area contributed by atoms with Crippen LogP contribution in [0.1, 0.15) is 13.8 Å². The molecule has 0 bridgehead atoms. The highest BCUT2D eigenvalue weighted by Crippen LogP contribution is 2.39. The normalized spacial score (nSPS) is 39.6. The first-order valence-electron chi connectivity index (χ1n) is 5.76. The Bertz CT molecular complexity index is 334. The Morgan fingerprint density at radius 1 is 1.44 bits per heavy atom. The van der Waals surface area contributed by atoms with Gasteiger partial charge in [0, 0.05) is 4.92 Å². The lowest BCUT2D eigenvalue weighted by Crippen LogP contribution is -2.41. The molecule has 0 aromatic heterocycles. The molecule has 0 aromatic carbocycles. The van der Waals surface area contributed by atoms with Crippen LogP contribution in [0.5, 0.6) is 0 Å². The Balaban J connectivity index is 2.04. The Hall–Kier alpha value is -0.800. The number of hydrogen-bond donors (Lipinski definition) is 2. The maximum atomic E-state index is 10.5. The summed E-state index contributed by atoms with van der Waals surface area (Å²) in [5, 5.41) is 29.7. The predicted octanol–water partition coefficient (Wildman–Crippen LogP) is -0.891. The predicted molar refractivity (Wildman–Crippen MR) is 57.1 cm³/mol. The molecule has 2 aliphatic heterocycles. The van der Waals surface area contributed by atoms with E-state index in [0.717, 1.165) is 0 Å². The molecule has 0 radical (unpaired) electrons. The van der Waals surface area contributed by atoms with Gasteiger partial charge in [-0.1, -0.05) is 0 Å². The Labute approximate surface area is 104 Å². The van der Waals surface area contributed by atoms with Gasteiger partial charge in [0.1, 0.15) is 18.3 Å². The minimum Gasteiger partial charge on any atom is -0.396 e. The molecule has 5 atom stereocenters. The van der Waals surface area contributed by atoms with Crippen LogP contribution in [-0.2, 0) is 14.2 Å². The van der Waals surface area contributed by atoms with Crippen LogP contribution < -0.4 is 0 Å². The molecule has 2 fully saturated rings. The van der Waals surface area contributed by atoms with Crippen LogP contribution in [0.2, 0.25) is 0 Å². The molecule has 2 rings (SSSR count). The topological polar surface area (TPSA) is 111 Å². The third-order valence-electron chi connectivity index (χ3n) is 3.14. The van der Waals surface area contributed by atoms with E-state index in [0.29, 0.717) is 0 Å². The maximum Gasteiger partial charge on any atom is 0.211 e. The van der Waals surface area contributed by atoms with E-state index in [9.17, 15) is 15.2 Å². The van der Waals surface area contributed by atoms with Gasteiger partial charge in [-0.05, 0) is 13.8 Å². The van der Waals surface area contributed by atoms with E-state index in [2.05, 4.69) is 0 Å². The SMILES string of the molecule is CC1(C)O[C@H]2O[C@H]([C@@H](CO)C[N+](=O)[O-])[C@H](O)[C@H]2O1. The summed E-state index contributed by atoms with van der Waals surface area (Å²) in [6.45, 7) is 2.47. The quantitative estimate of drug-likeness (QED) is 0.500. The van der Waals surface area contributed by atoms with Gasteiger partial charge in [0.2, 0.25) is 6.54 Å². The van der Waals surface area contributed by atoms with Crippen molar-refractivity contribution in [2.75, 3.05) is 13.2 Å². The van der Waals surface area contributed by atoms with Gasteiger partial charge in [0.15, 0.2) is 12.1 Å². The first kappa shape index (κ1) is 13.6. The molecule has 2 heterocycles. The van der Waals surface area contributed by atoms with E-state index in [1.54, 1.807) is 13.8 Å². The summed E-state index contributed by atoms with van der Waals surface area (Å²) in [7, 11) is 0. The van der Waals surface area contributed by atoms with Crippen molar-refractivity contribution in [2.45, 2.75) is 44.2 Å². The van der Waals surface area contributed by atoms with Crippen molar-refractivity contribution >= 4 is 0 Å². The van der Waals surface area contributed by atoms with Crippen LogP contribution in [0.3, 0.4) is 0 Å². The van der Waals surface area contributed by atoms with Crippen LogP contribution in [0.25, 0.3) is 0 Å². The zero-order valence-corrected chi connectivity index (χ0v) is 10.2. The third kappa shape index (κ3) is 2.47. The van der Waals surface area contributed by atoms with Gasteiger partial charge in [-0.3, -0.25) is 10.1 Å². The zero-order valence-electron chi connectivity index (χ0n) is 10.2. The smallest absolute Gasteiger partial charge is 0.211 e. The van der Waals surface area contributed by atoms with Crippen molar-refractivity contribution in [1.29, 1.82) is 0 Å². The fraction of sp³-hybridized carbons (Fsp3) is 1.00. The van der Waals surface area contributed by atoms with E-state index in [1.165, 1.54) is 0 Å². The number of rotatable bonds is 4. The van der Waals surface area contributed by atoms with Crippen LogP contribution in [0.4, 0.5) is 0 Å².